The summed E-state index contributed by atoms with van der Waals surface area (Å²) in [7, 11) is 0. The lowest BCUT2D eigenvalue weighted by molar-refractivity contribution is -0.376. The van der Waals surface area contributed by atoms with E-state index < -0.39 is 23.5 Å². The van der Waals surface area contributed by atoms with Gasteiger partial charge in [0.05, 0.1) is 5.76 Å². The number of benzene rings is 2. The molecule has 0 atom stereocenters. The van der Waals surface area contributed by atoms with Crippen LogP contribution in [0.2, 0.25) is 0 Å². The van der Waals surface area contributed by atoms with Crippen molar-refractivity contribution >= 4 is 17.5 Å². The van der Waals surface area contributed by atoms with E-state index >= 15 is 0 Å². The Morgan fingerprint density at radius 2 is 1.38 bits per heavy atom. The molecule has 7 nitrogen and oxygen atoms in total. The zero-order valence-corrected chi connectivity index (χ0v) is 20.6. The van der Waals surface area contributed by atoms with E-state index in [0.717, 1.165) is 12.1 Å². The van der Waals surface area contributed by atoms with E-state index in [1.807, 2.05) is 4.90 Å². The van der Waals surface area contributed by atoms with Gasteiger partial charge in [0.25, 0.3) is 11.5 Å². The fourth-order valence-electron chi connectivity index (χ4n) is 4.07. The number of carbonyl (C=O) groups excluding carboxylic acids is 2. The first-order valence-electron chi connectivity index (χ1n) is 11.9. The number of carbonyl (C=O) groups is 2. The molecule has 0 radical (unpaired) electrons. The molecule has 1 aliphatic rings. The summed E-state index contributed by atoms with van der Waals surface area (Å²) in [6, 6.07) is 9.75. The maximum absolute atomic E-state index is 13.1. The molecule has 2 amide bonds. The monoisotopic (exact) mass is 559 g/mol. The molecule has 212 valence electrons. The maximum Gasteiger partial charge on any atom is 0.430 e. The van der Waals surface area contributed by atoms with E-state index in [0.29, 0.717) is 55.1 Å². The molecule has 0 saturated carbocycles. The zero-order chi connectivity index (χ0) is 29.0. The Bertz CT molecular complexity index is 1160. The Kier molecular flexibility index (Phi) is 8.96. The average molecular weight is 560 g/mol. The van der Waals surface area contributed by atoms with Crippen LogP contribution in [0.15, 0.2) is 60.9 Å². The predicted molar refractivity (Wildman–Crippen MR) is 130 cm³/mol. The number of nitrogens with zero attached hydrogens (tertiary/aromatic N) is 2. The van der Waals surface area contributed by atoms with Crippen molar-refractivity contribution in [3.05, 3.63) is 77.6 Å². The highest BCUT2D eigenvalue weighted by Crippen LogP contribution is 2.49. The summed E-state index contributed by atoms with van der Waals surface area (Å²) in [6.07, 6.45) is -11.7. The van der Waals surface area contributed by atoms with Crippen LogP contribution in [0.5, 0.6) is 0 Å². The Morgan fingerprint density at radius 1 is 0.846 bits per heavy atom. The van der Waals surface area contributed by atoms with Crippen molar-refractivity contribution in [3.8, 4) is 0 Å². The van der Waals surface area contributed by atoms with E-state index in [2.05, 4.69) is 11.9 Å². The lowest BCUT2D eigenvalue weighted by Crippen LogP contribution is -2.53. The first-order chi connectivity index (χ1) is 18.1. The molecule has 1 fully saturated rings. The molecule has 0 unspecified atom stereocenters. The van der Waals surface area contributed by atoms with Gasteiger partial charge in [-0.25, -0.2) is 0 Å². The smallest absolute Gasteiger partial charge is 0.430 e. The molecule has 1 aliphatic heterocycles. The van der Waals surface area contributed by atoms with Gasteiger partial charge in [-0.1, -0.05) is 30.8 Å². The van der Waals surface area contributed by atoms with Gasteiger partial charge >= 0.3 is 12.4 Å². The van der Waals surface area contributed by atoms with Crippen LogP contribution >= 0.6 is 0 Å². The Labute approximate surface area is 220 Å². The number of nitrogens with one attached hydrogen (secondary N) is 1. The third-order valence-corrected chi connectivity index (χ3v) is 6.31. The van der Waals surface area contributed by atoms with E-state index in [1.165, 1.54) is 0 Å². The fraction of sp³-hybridized carbons (Fsp3) is 0.385. The lowest BCUT2D eigenvalue weighted by atomic mass is 9.91. The second-order valence-corrected chi connectivity index (χ2v) is 9.16. The molecule has 0 aliphatic carbocycles. The number of amides is 2. The second kappa shape index (κ2) is 11.7. The molecular weight excluding hydrogens is 532 g/mol. The van der Waals surface area contributed by atoms with Gasteiger partial charge in [-0.3, -0.25) is 14.5 Å². The number of alkyl halides is 6. The van der Waals surface area contributed by atoms with E-state index in [-0.39, 0.29) is 37.0 Å². The Balaban J connectivity index is 1.54. The molecule has 2 aromatic carbocycles. The van der Waals surface area contributed by atoms with Crippen LogP contribution in [0, 0.1) is 0 Å². The summed E-state index contributed by atoms with van der Waals surface area (Å²) in [6.45, 7) is 5.09. The van der Waals surface area contributed by atoms with Gasteiger partial charge in [-0.2, -0.15) is 26.3 Å². The van der Waals surface area contributed by atoms with Crippen LogP contribution in [0.1, 0.15) is 34.3 Å². The van der Waals surface area contributed by atoms with E-state index in [9.17, 15) is 41.0 Å². The minimum absolute atomic E-state index is 0.0633. The Hall–Kier alpha value is -3.58. The van der Waals surface area contributed by atoms with Gasteiger partial charge in [0.15, 0.2) is 0 Å². The molecule has 13 heteroatoms. The minimum Gasteiger partial charge on any atom is -0.513 e. The molecule has 1 saturated heterocycles. The molecule has 0 bridgehead atoms. The molecule has 0 aromatic heterocycles. The van der Waals surface area contributed by atoms with Crippen molar-refractivity contribution in [2.24, 2.45) is 0 Å². The zero-order valence-electron chi connectivity index (χ0n) is 20.6. The van der Waals surface area contributed by atoms with Crippen molar-refractivity contribution in [1.29, 1.82) is 0 Å². The van der Waals surface area contributed by atoms with Gasteiger partial charge in [0, 0.05) is 62.4 Å². The number of anilines is 1. The normalized spacial score (nSPS) is 15.2. The third kappa shape index (κ3) is 7.09. The van der Waals surface area contributed by atoms with Gasteiger partial charge in [-0.15, -0.1) is 0 Å². The lowest BCUT2D eigenvalue weighted by Gasteiger charge is -2.35. The van der Waals surface area contributed by atoms with Crippen LogP contribution in [0.4, 0.5) is 32.0 Å². The quantitative estimate of drug-likeness (QED) is 0.321. The number of hydrogen-bond acceptors (Lipinski definition) is 5. The molecule has 39 heavy (non-hydrogen) atoms. The number of aliphatic hydroxyl groups is 2. The molecule has 0 spiro atoms. The highest BCUT2D eigenvalue weighted by Gasteiger charge is 2.71. The van der Waals surface area contributed by atoms with Gasteiger partial charge in [-0.05, 0) is 29.8 Å². The molecule has 3 rings (SSSR count). The first-order valence-corrected chi connectivity index (χ1v) is 11.9. The number of allylic oxidation sites excluding steroid dienone is 1. The molecule has 3 N–H and O–H groups in total. The molecule has 1 heterocycles. The van der Waals surface area contributed by atoms with Crippen molar-refractivity contribution < 1.29 is 46.1 Å². The van der Waals surface area contributed by atoms with Crippen LogP contribution in [0.3, 0.4) is 0 Å². The minimum atomic E-state index is -5.94. The number of hydrogen-bond donors (Lipinski definition) is 3. The maximum atomic E-state index is 13.1. The van der Waals surface area contributed by atoms with E-state index in [4.69, 9.17) is 5.11 Å². The Morgan fingerprint density at radius 3 is 1.87 bits per heavy atom. The summed E-state index contributed by atoms with van der Waals surface area (Å²) in [4.78, 5) is 28.2. The van der Waals surface area contributed by atoms with Crippen molar-refractivity contribution in [1.82, 2.24) is 9.80 Å². The number of piperazine rings is 1. The summed E-state index contributed by atoms with van der Waals surface area (Å²) >= 11 is 0. The van der Waals surface area contributed by atoms with Crippen LogP contribution in [-0.4, -0.2) is 70.4 Å². The topological polar surface area (TPSA) is 93.1 Å². The highest BCUT2D eigenvalue weighted by atomic mass is 19.4. The number of rotatable bonds is 8. The third-order valence-electron chi connectivity index (χ3n) is 6.31. The van der Waals surface area contributed by atoms with Gasteiger partial charge in [0.2, 0.25) is 5.91 Å². The van der Waals surface area contributed by atoms with Crippen molar-refractivity contribution in [3.63, 3.8) is 0 Å². The van der Waals surface area contributed by atoms with Gasteiger partial charge < -0.3 is 20.4 Å². The van der Waals surface area contributed by atoms with Crippen LogP contribution in [0.25, 0.3) is 0 Å². The second-order valence-electron chi connectivity index (χ2n) is 9.16. The first kappa shape index (κ1) is 30.0. The summed E-state index contributed by atoms with van der Waals surface area (Å²) in [5, 5.41) is 21.2. The average Bonchev–Trinajstić information content (AvgIpc) is 2.86. The summed E-state index contributed by atoms with van der Waals surface area (Å²) in [5.41, 5.74) is -4.94. The fourth-order valence-corrected chi connectivity index (χ4v) is 4.07. The van der Waals surface area contributed by atoms with Gasteiger partial charge in [0.1, 0.15) is 0 Å². The van der Waals surface area contributed by atoms with Crippen LogP contribution in [-0.2, 0) is 16.9 Å². The predicted octanol–water partition coefficient (Wildman–Crippen LogP) is 4.75. The van der Waals surface area contributed by atoms with Crippen molar-refractivity contribution in [2.45, 2.75) is 37.3 Å². The number of aliphatic hydroxyl groups excluding tert-OH is 1. The largest absolute Gasteiger partial charge is 0.513 e. The summed E-state index contributed by atoms with van der Waals surface area (Å²) < 4.78 is 78.4. The van der Waals surface area contributed by atoms with Crippen LogP contribution < -0.4 is 5.32 Å². The summed E-state index contributed by atoms with van der Waals surface area (Å²) in [5.74, 6) is -0.637. The molecule has 2 aromatic rings. The SMILES string of the molecule is C=C(O)CCC(=O)Nc1ccc(C(=O)N2CCN(Cc3ccc(C(O)(C(F)(F)F)C(F)(F)F)cc3)CC2)cc1. The highest BCUT2D eigenvalue weighted by molar-refractivity contribution is 5.96. The number of halogens is 6. The van der Waals surface area contributed by atoms with Crippen molar-refractivity contribution in [2.75, 3.05) is 31.5 Å². The standard InChI is InChI=1S/C26H27F6N3O4/c1-17(36)2-11-22(37)33-21-9-5-19(6-10-21)23(38)35-14-12-34(13-15-35)16-18-3-7-20(8-4-18)24(39,25(27,28)29)26(30,31)32/h3-10,36,39H,1-2,11-16H2,(H,33,37). The van der Waals surface area contributed by atoms with E-state index in [1.54, 1.807) is 29.2 Å². The molecular formula is C26H27F6N3O4.